The van der Waals surface area contributed by atoms with Gasteiger partial charge >= 0.3 is 0 Å². The normalized spacial score (nSPS) is 12.8. The Morgan fingerprint density at radius 1 is 1.43 bits per heavy atom. The fourth-order valence-electron chi connectivity index (χ4n) is 1.22. The zero-order valence-corrected chi connectivity index (χ0v) is 8.20. The maximum absolute atomic E-state index is 13.1. The summed E-state index contributed by atoms with van der Waals surface area (Å²) in [6.07, 6.45) is -0.695. The minimum absolute atomic E-state index is 0.144. The fourth-order valence-corrected chi connectivity index (χ4v) is 1.22. The first kappa shape index (κ1) is 11.1. The molecule has 0 aliphatic rings. The van der Waals surface area contributed by atoms with Gasteiger partial charge in [0, 0.05) is 13.0 Å². The van der Waals surface area contributed by atoms with Gasteiger partial charge in [0.2, 0.25) is 0 Å². The van der Waals surface area contributed by atoms with Gasteiger partial charge in [-0.25, -0.2) is 9.50 Å². The lowest BCUT2D eigenvalue weighted by Crippen LogP contribution is -2.17. The highest BCUT2D eigenvalue weighted by Gasteiger charge is 2.10. The van der Waals surface area contributed by atoms with Crippen molar-refractivity contribution in [3.63, 3.8) is 0 Å². The summed E-state index contributed by atoms with van der Waals surface area (Å²) in [5.41, 5.74) is 0.465. The molecule has 0 heterocycles. The van der Waals surface area contributed by atoms with Crippen molar-refractivity contribution < 1.29 is 14.2 Å². The van der Waals surface area contributed by atoms with E-state index in [9.17, 15) is 9.50 Å². The average Bonchev–Trinajstić information content (AvgIpc) is 2.18. The molecule has 0 aromatic heterocycles. The van der Waals surface area contributed by atoms with E-state index in [1.165, 1.54) is 6.07 Å². The second kappa shape index (κ2) is 5.73. The van der Waals surface area contributed by atoms with E-state index in [2.05, 4.69) is 0 Å². The summed E-state index contributed by atoms with van der Waals surface area (Å²) in [7, 11) is 0. The van der Waals surface area contributed by atoms with E-state index in [0.29, 0.717) is 12.2 Å². The van der Waals surface area contributed by atoms with Gasteiger partial charge in [0.15, 0.2) is 0 Å². The van der Waals surface area contributed by atoms with Gasteiger partial charge in [-0.2, -0.15) is 0 Å². The summed E-state index contributed by atoms with van der Waals surface area (Å²) in [6.45, 7) is 2.50. The Hall–Kier alpha value is -0.930. The molecule has 0 fully saturated rings. The van der Waals surface area contributed by atoms with Gasteiger partial charge in [0.25, 0.3) is 0 Å². The first-order chi connectivity index (χ1) is 6.74. The number of hydrogen-bond acceptors (Lipinski definition) is 1. The van der Waals surface area contributed by atoms with Crippen LogP contribution in [-0.2, 0) is 16.3 Å². The SMILES string of the molecule is CCOCC([O])Cc1ccccc1F. The number of rotatable bonds is 5. The Morgan fingerprint density at radius 2 is 2.14 bits per heavy atom. The summed E-state index contributed by atoms with van der Waals surface area (Å²) in [4.78, 5) is 0. The molecular formula is C11H14FO2. The van der Waals surface area contributed by atoms with Gasteiger partial charge in [-0.15, -0.1) is 0 Å². The number of hydrogen-bond donors (Lipinski definition) is 0. The Labute approximate surface area is 83.3 Å². The lowest BCUT2D eigenvalue weighted by molar-refractivity contribution is 0.00100. The predicted octanol–water partition coefficient (Wildman–Crippen LogP) is 2.20. The molecule has 0 spiro atoms. The third kappa shape index (κ3) is 3.44. The standard InChI is InChI=1S/C11H14FO2/c1-2-14-8-10(13)7-9-5-3-4-6-11(9)12/h3-6,10H,2,7-8H2,1H3. The van der Waals surface area contributed by atoms with Crippen LogP contribution in [0.1, 0.15) is 12.5 Å². The highest BCUT2D eigenvalue weighted by atomic mass is 19.1. The molecule has 1 radical (unpaired) electrons. The van der Waals surface area contributed by atoms with E-state index in [1.807, 2.05) is 6.92 Å². The molecule has 0 aliphatic carbocycles. The monoisotopic (exact) mass is 197 g/mol. The predicted molar refractivity (Wildman–Crippen MR) is 51.1 cm³/mol. The summed E-state index contributed by atoms with van der Waals surface area (Å²) in [5.74, 6) is -0.315. The molecule has 1 atom stereocenters. The molecule has 77 valence electrons. The topological polar surface area (TPSA) is 29.1 Å². The fraction of sp³-hybridized carbons (Fsp3) is 0.455. The molecule has 1 aromatic carbocycles. The number of ether oxygens (including phenoxy) is 1. The molecule has 0 N–H and O–H groups in total. The molecule has 0 saturated carbocycles. The summed E-state index contributed by atoms with van der Waals surface area (Å²) >= 11 is 0. The van der Waals surface area contributed by atoms with Gasteiger partial charge in [0.1, 0.15) is 11.9 Å². The van der Waals surface area contributed by atoms with Crippen molar-refractivity contribution in [2.24, 2.45) is 0 Å². The van der Waals surface area contributed by atoms with Crippen LogP contribution in [0.2, 0.25) is 0 Å². The second-order valence-corrected chi connectivity index (χ2v) is 3.08. The third-order valence-corrected chi connectivity index (χ3v) is 1.91. The largest absolute Gasteiger partial charge is 0.379 e. The molecule has 1 unspecified atom stereocenters. The molecule has 14 heavy (non-hydrogen) atoms. The second-order valence-electron chi connectivity index (χ2n) is 3.08. The molecule has 0 saturated heterocycles. The van der Waals surface area contributed by atoms with Crippen LogP contribution in [0.4, 0.5) is 4.39 Å². The van der Waals surface area contributed by atoms with Crippen molar-refractivity contribution in [2.75, 3.05) is 13.2 Å². The third-order valence-electron chi connectivity index (χ3n) is 1.91. The number of benzene rings is 1. The lowest BCUT2D eigenvalue weighted by Gasteiger charge is -2.08. The van der Waals surface area contributed by atoms with Crippen LogP contribution < -0.4 is 0 Å². The Bertz CT molecular complexity index is 276. The van der Waals surface area contributed by atoms with Crippen molar-refractivity contribution in [1.82, 2.24) is 0 Å². The molecule has 0 amide bonds. The maximum atomic E-state index is 13.1. The van der Waals surface area contributed by atoms with Crippen molar-refractivity contribution >= 4 is 0 Å². The van der Waals surface area contributed by atoms with E-state index >= 15 is 0 Å². The zero-order chi connectivity index (χ0) is 10.4. The van der Waals surface area contributed by atoms with Crippen molar-refractivity contribution in [3.8, 4) is 0 Å². The van der Waals surface area contributed by atoms with Crippen LogP contribution in [0.5, 0.6) is 0 Å². The van der Waals surface area contributed by atoms with Gasteiger partial charge < -0.3 is 4.74 Å². The average molecular weight is 197 g/mol. The van der Waals surface area contributed by atoms with Crippen LogP contribution in [0, 0.1) is 5.82 Å². The van der Waals surface area contributed by atoms with Crippen molar-refractivity contribution in [2.45, 2.75) is 19.4 Å². The Kier molecular flexibility index (Phi) is 4.56. The molecule has 0 aliphatic heterocycles. The molecular weight excluding hydrogens is 183 g/mol. The van der Waals surface area contributed by atoms with Crippen molar-refractivity contribution in [3.05, 3.63) is 35.6 Å². The van der Waals surface area contributed by atoms with E-state index in [1.54, 1.807) is 18.2 Å². The highest BCUT2D eigenvalue weighted by molar-refractivity contribution is 5.17. The Balaban J connectivity index is 2.47. The first-order valence-electron chi connectivity index (χ1n) is 4.71. The van der Waals surface area contributed by atoms with E-state index in [0.717, 1.165) is 0 Å². The summed E-state index contributed by atoms with van der Waals surface area (Å²) < 4.78 is 18.1. The molecule has 3 heteroatoms. The lowest BCUT2D eigenvalue weighted by atomic mass is 10.1. The molecule has 2 nitrogen and oxygen atoms in total. The van der Waals surface area contributed by atoms with Crippen LogP contribution in [0.25, 0.3) is 0 Å². The molecule has 1 aromatic rings. The maximum Gasteiger partial charge on any atom is 0.126 e. The smallest absolute Gasteiger partial charge is 0.126 e. The van der Waals surface area contributed by atoms with Gasteiger partial charge in [-0.3, -0.25) is 0 Å². The Morgan fingerprint density at radius 3 is 2.79 bits per heavy atom. The van der Waals surface area contributed by atoms with Crippen molar-refractivity contribution in [1.29, 1.82) is 0 Å². The minimum atomic E-state index is -0.883. The van der Waals surface area contributed by atoms with Crippen LogP contribution >= 0.6 is 0 Å². The molecule has 1 rings (SSSR count). The van der Waals surface area contributed by atoms with Gasteiger partial charge in [-0.05, 0) is 18.6 Å². The van der Waals surface area contributed by atoms with Crippen LogP contribution in [-0.4, -0.2) is 19.3 Å². The highest BCUT2D eigenvalue weighted by Crippen LogP contribution is 2.09. The van der Waals surface area contributed by atoms with E-state index in [4.69, 9.17) is 4.74 Å². The van der Waals surface area contributed by atoms with Crippen LogP contribution in [0.15, 0.2) is 24.3 Å². The molecule has 0 bridgehead atoms. The first-order valence-corrected chi connectivity index (χ1v) is 4.71. The summed E-state index contributed by atoms with van der Waals surface area (Å²) in [5, 5.41) is 11.3. The van der Waals surface area contributed by atoms with E-state index < -0.39 is 6.10 Å². The zero-order valence-electron chi connectivity index (χ0n) is 8.20. The summed E-state index contributed by atoms with van der Waals surface area (Å²) in [6, 6.07) is 6.34. The van der Waals surface area contributed by atoms with E-state index in [-0.39, 0.29) is 18.8 Å². The minimum Gasteiger partial charge on any atom is -0.379 e. The van der Waals surface area contributed by atoms with Gasteiger partial charge in [0.05, 0.1) is 6.61 Å². The quantitative estimate of drug-likeness (QED) is 0.711. The van der Waals surface area contributed by atoms with Gasteiger partial charge in [-0.1, -0.05) is 18.2 Å². The number of halogens is 1. The van der Waals surface area contributed by atoms with Crippen LogP contribution in [0.3, 0.4) is 0 Å².